The Morgan fingerprint density at radius 1 is 1.06 bits per heavy atom. The van der Waals surface area contributed by atoms with Gasteiger partial charge in [0.05, 0.1) is 25.1 Å². The number of nitrogens with zero attached hydrogens (tertiary/aromatic N) is 3. The Labute approximate surface area is 179 Å². The van der Waals surface area contributed by atoms with Gasteiger partial charge in [0.2, 0.25) is 5.95 Å². The Balaban J connectivity index is 1.52. The highest BCUT2D eigenvalue weighted by Gasteiger charge is 2.22. The van der Waals surface area contributed by atoms with Gasteiger partial charge in [-0.2, -0.15) is 0 Å². The van der Waals surface area contributed by atoms with Crippen molar-refractivity contribution in [2.75, 3.05) is 25.7 Å². The summed E-state index contributed by atoms with van der Waals surface area (Å²) in [5.41, 5.74) is 5.25. The standard InChI is InChI=1S/C24H22N4O3/c1-30-21-11-19-20(12-22(21)31-2)26-24(27-23(19)29)28-10-8-18-16(14-28)5-3-7-17(18)15-6-4-9-25-13-15/h3-7,9,11-13H,8,10,14H2,1-2H3,(H,26,27,29). The number of hydrogen-bond acceptors (Lipinski definition) is 6. The van der Waals surface area contributed by atoms with Gasteiger partial charge in [-0.05, 0) is 35.2 Å². The van der Waals surface area contributed by atoms with Crippen molar-refractivity contribution in [2.45, 2.75) is 13.0 Å². The van der Waals surface area contributed by atoms with Gasteiger partial charge in [0.1, 0.15) is 0 Å². The highest BCUT2D eigenvalue weighted by molar-refractivity contribution is 5.83. The number of methoxy groups -OCH3 is 2. The average Bonchev–Trinajstić information content (AvgIpc) is 2.83. The lowest BCUT2D eigenvalue weighted by molar-refractivity contribution is 0.355. The molecule has 7 nitrogen and oxygen atoms in total. The van der Waals surface area contributed by atoms with Gasteiger partial charge in [0.15, 0.2) is 11.5 Å². The molecule has 0 atom stereocenters. The van der Waals surface area contributed by atoms with Gasteiger partial charge >= 0.3 is 0 Å². The number of aromatic nitrogens is 3. The topological polar surface area (TPSA) is 80.3 Å². The average molecular weight is 414 g/mol. The van der Waals surface area contributed by atoms with E-state index in [1.165, 1.54) is 16.7 Å². The molecule has 2 aromatic carbocycles. The first-order valence-corrected chi connectivity index (χ1v) is 10.1. The minimum absolute atomic E-state index is 0.198. The summed E-state index contributed by atoms with van der Waals surface area (Å²) in [5, 5.41) is 0.470. The molecule has 0 spiro atoms. The molecule has 0 bridgehead atoms. The van der Waals surface area contributed by atoms with Gasteiger partial charge in [0.25, 0.3) is 5.56 Å². The van der Waals surface area contributed by atoms with Crippen LogP contribution in [0.15, 0.2) is 59.7 Å². The van der Waals surface area contributed by atoms with E-state index < -0.39 is 0 Å². The number of nitrogens with one attached hydrogen (secondary N) is 1. The molecule has 2 aromatic heterocycles. The third-order valence-corrected chi connectivity index (χ3v) is 5.74. The van der Waals surface area contributed by atoms with Crippen molar-refractivity contribution in [3.8, 4) is 22.6 Å². The van der Waals surface area contributed by atoms with Crippen molar-refractivity contribution in [3.05, 3.63) is 76.3 Å². The molecule has 0 radical (unpaired) electrons. The second-order valence-corrected chi connectivity index (χ2v) is 7.47. The van der Waals surface area contributed by atoms with Gasteiger partial charge in [-0.25, -0.2) is 4.98 Å². The fourth-order valence-electron chi connectivity index (χ4n) is 4.19. The maximum atomic E-state index is 12.8. The lowest BCUT2D eigenvalue weighted by Crippen LogP contribution is -2.33. The van der Waals surface area contributed by atoms with Crippen LogP contribution in [0.1, 0.15) is 11.1 Å². The molecule has 7 heteroatoms. The molecule has 3 heterocycles. The summed E-state index contributed by atoms with van der Waals surface area (Å²) in [6.07, 6.45) is 4.53. The van der Waals surface area contributed by atoms with Crippen LogP contribution in [0.3, 0.4) is 0 Å². The molecule has 0 fully saturated rings. The highest BCUT2D eigenvalue weighted by Crippen LogP contribution is 2.33. The SMILES string of the molecule is COc1cc2nc(N3CCc4c(cccc4-c4cccnc4)C3)[nH]c(=O)c2cc1OC. The molecule has 1 aliphatic rings. The van der Waals surface area contributed by atoms with Crippen molar-refractivity contribution in [3.63, 3.8) is 0 Å². The van der Waals surface area contributed by atoms with Crippen LogP contribution in [-0.2, 0) is 13.0 Å². The van der Waals surface area contributed by atoms with Crippen LogP contribution >= 0.6 is 0 Å². The van der Waals surface area contributed by atoms with E-state index in [0.717, 1.165) is 18.5 Å². The van der Waals surface area contributed by atoms with E-state index in [2.05, 4.69) is 39.1 Å². The largest absolute Gasteiger partial charge is 0.493 e. The Kier molecular flexibility index (Phi) is 4.78. The first-order valence-electron chi connectivity index (χ1n) is 10.1. The monoisotopic (exact) mass is 414 g/mol. The van der Waals surface area contributed by atoms with Crippen LogP contribution in [0.2, 0.25) is 0 Å². The fraction of sp³-hybridized carbons (Fsp3) is 0.208. The van der Waals surface area contributed by atoms with Gasteiger partial charge in [-0.15, -0.1) is 0 Å². The molecule has 156 valence electrons. The number of aromatic amines is 1. The smallest absolute Gasteiger partial charge is 0.260 e. The first kappa shape index (κ1) is 19.1. The van der Waals surface area contributed by atoms with E-state index in [-0.39, 0.29) is 5.56 Å². The van der Waals surface area contributed by atoms with Crippen LogP contribution in [0, 0.1) is 0 Å². The van der Waals surface area contributed by atoms with Crippen molar-refractivity contribution < 1.29 is 9.47 Å². The van der Waals surface area contributed by atoms with E-state index in [1.807, 2.05) is 12.3 Å². The third-order valence-electron chi connectivity index (χ3n) is 5.74. The Hall–Kier alpha value is -3.87. The lowest BCUT2D eigenvalue weighted by atomic mass is 9.91. The summed E-state index contributed by atoms with van der Waals surface area (Å²) in [4.78, 5) is 26.8. The van der Waals surface area contributed by atoms with Gasteiger partial charge in [0, 0.05) is 37.1 Å². The van der Waals surface area contributed by atoms with Crippen LogP contribution in [0.4, 0.5) is 5.95 Å². The maximum Gasteiger partial charge on any atom is 0.260 e. The number of hydrogen-bond donors (Lipinski definition) is 1. The quantitative estimate of drug-likeness (QED) is 0.550. The van der Waals surface area contributed by atoms with E-state index in [1.54, 1.807) is 32.5 Å². The van der Waals surface area contributed by atoms with Crippen molar-refractivity contribution in [2.24, 2.45) is 0 Å². The first-order chi connectivity index (χ1) is 15.2. The highest BCUT2D eigenvalue weighted by atomic mass is 16.5. The minimum atomic E-state index is -0.198. The summed E-state index contributed by atoms with van der Waals surface area (Å²) in [7, 11) is 3.11. The maximum absolute atomic E-state index is 12.8. The fourth-order valence-corrected chi connectivity index (χ4v) is 4.19. The predicted molar refractivity (Wildman–Crippen MR) is 120 cm³/mol. The normalized spacial score (nSPS) is 13.2. The zero-order chi connectivity index (χ0) is 21.4. The second kappa shape index (κ2) is 7.75. The minimum Gasteiger partial charge on any atom is -0.493 e. The molecule has 0 amide bonds. The molecule has 1 N–H and O–H groups in total. The summed E-state index contributed by atoms with van der Waals surface area (Å²) in [5.74, 6) is 1.61. The number of benzene rings is 2. The Morgan fingerprint density at radius 2 is 1.90 bits per heavy atom. The van der Waals surface area contributed by atoms with Crippen LogP contribution in [0.5, 0.6) is 11.5 Å². The van der Waals surface area contributed by atoms with E-state index in [9.17, 15) is 4.79 Å². The van der Waals surface area contributed by atoms with Gasteiger partial charge in [-0.1, -0.05) is 24.3 Å². The van der Waals surface area contributed by atoms with Crippen LogP contribution in [0.25, 0.3) is 22.0 Å². The van der Waals surface area contributed by atoms with Crippen LogP contribution in [-0.4, -0.2) is 35.7 Å². The molecular weight excluding hydrogens is 392 g/mol. The molecule has 0 aliphatic carbocycles. The Morgan fingerprint density at radius 3 is 2.68 bits per heavy atom. The summed E-state index contributed by atoms with van der Waals surface area (Å²) in [6, 6.07) is 13.8. The summed E-state index contributed by atoms with van der Waals surface area (Å²) < 4.78 is 10.7. The number of rotatable bonds is 4. The molecule has 4 aromatic rings. The number of fused-ring (bicyclic) bond motifs is 2. The van der Waals surface area contributed by atoms with E-state index in [4.69, 9.17) is 14.5 Å². The third kappa shape index (κ3) is 3.38. The molecule has 31 heavy (non-hydrogen) atoms. The molecule has 0 saturated carbocycles. The molecule has 0 saturated heterocycles. The lowest BCUT2D eigenvalue weighted by Gasteiger charge is -2.30. The molecular formula is C24H22N4O3. The predicted octanol–water partition coefficient (Wildman–Crippen LogP) is 3.57. The number of H-pyrrole nitrogens is 1. The second-order valence-electron chi connectivity index (χ2n) is 7.47. The molecule has 5 rings (SSSR count). The van der Waals surface area contributed by atoms with Crippen LogP contribution < -0.4 is 19.9 Å². The van der Waals surface area contributed by atoms with E-state index >= 15 is 0 Å². The summed E-state index contributed by atoms with van der Waals surface area (Å²) >= 11 is 0. The van der Waals surface area contributed by atoms with Gasteiger partial charge < -0.3 is 14.4 Å². The number of pyridine rings is 1. The van der Waals surface area contributed by atoms with Crippen molar-refractivity contribution in [1.82, 2.24) is 15.0 Å². The molecule has 1 aliphatic heterocycles. The van der Waals surface area contributed by atoms with E-state index in [0.29, 0.717) is 34.9 Å². The number of anilines is 1. The van der Waals surface area contributed by atoms with Crippen molar-refractivity contribution >= 4 is 16.9 Å². The zero-order valence-corrected chi connectivity index (χ0v) is 17.4. The molecule has 0 unspecified atom stereocenters. The van der Waals surface area contributed by atoms with Crippen molar-refractivity contribution in [1.29, 1.82) is 0 Å². The zero-order valence-electron chi connectivity index (χ0n) is 17.4. The van der Waals surface area contributed by atoms with Gasteiger partial charge in [-0.3, -0.25) is 14.8 Å². The summed E-state index contributed by atoms with van der Waals surface area (Å²) in [6.45, 7) is 1.43. The number of ether oxygens (including phenoxy) is 2. The Bertz CT molecular complexity index is 1320.